The van der Waals surface area contributed by atoms with Gasteiger partial charge in [-0.1, -0.05) is 12.1 Å². The molecule has 0 aromatic heterocycles. The molecule has 1 atom stereocenters. The molecule has 2 N–H and O–H groups in total. The molecule has 1 fully saturated rings. The Morgan fingerprint density at radius 2 is 2.07 bits per heavy atom. The molecule has 4 rings (SSSR count). The number of nitrogens with one attached hydrogen (secondary N) is 2. The lowest BCUT2D eigenvalue weighted by molar-refractivity contribution is -0.383. The van der Waals surface area contributed by atoms with E-state index in [1.807, 2.05) is 4.90 Å². The number of esters is 1. The highest BCUT2D eigenvalue weighted by atomic mass is 16.6. The van der Waals surface area contributed by atoms with E-state index >= 15 is 0 Å². The van der Waals surface area contributed by atoms with Gasteiger partial charge >= 0.3 is 5.97 Å². The fraction of sp³-hybridized carbons (Fsp3) is 0.250. The Morgan fingerprint density at radius 1 is 1.27 bits per heavy atom. The van der Waals surface area contributed by atoms with Gasteiger partial charge in [-0.2, -0.15) is 0 Å². The number of fused-ring (bicyclic) bond motifs is 3. The molecule has 10 heteroatoms. The van der Waals surface area contributed by atoms with Crippen LogP contribution in [0, 0.1) is 10.1 Å². The highest BCUT2D eigenvalue weighted by Crippen LogP contribution is 2.37. The van der Waals surface area contributed by atoms with Gasteiger partial charge in [0.25, 0.3) is 11.6 Å². The molecule has 0 aliphatic carbocycles. The summed E-state index contributed by atoms with van der Waals surface area (Å²) in [6, 6.07) is 10.3. The zero-order valence-corrected chi connectivity index (χ0v) is 15.8. The second-order valence-corrected chi connectivity index (χ2v) is 6.97. The van der Waals surface area contributed by atoms with Gasteiger partial charge in [-0.3, -0.25) is 19.7 Å². The molecule has 0 bridgehead atoms. The number of ether oxygens (including phenoxy) is 1. The van der Waals surface area contributed by atoms with E-state index in [2.05, 4.69) is 10.6 Å². The van der Waals surface area contributed by atoms with E-state index in [9.17, 15) is 24.5 Å². The molecule has 2 aromatic carbocycles. The Labute approximate surface area is 171 Å². The Hall–Kier alpha value is -3.95. The molecule has 0 saturated carbocycles. The third-order valence-corrected chi connectivity index (χ3v) is 5.06. The molecule has 0 unspecified atom stereocenters. The average molecular weight is 410 g/mol. The Kier molecular flexibility index (Phi) is 5.05. The third kappa shape index (κ3) is 3.66. The van der Waals surface area contributed by atoms with E-state index in [1.54, 1.807) is 18.2 Å². The number of hydrogen-bond donors (Lipinski definition) is 2. The maximum atomic E-state index is 12.3. The second kappa shape index (κ2) is 7.82. The van der Waals surface area contributed by atoms with E-state index in [0.717, 1.165) is 25.1 Å². The first-order chi connectivity index (χ1) is 14.4. The van der Waals surface area contributed by atoms with Crippen molar-refractivity contribution >= 4 is 40.5 Å². The average Bonchev–Trinajstić information content (AvgIpc) is 3.23. The molecule has 0 radical (unpaired) electrons. The normalized spacial score (nSPS) is 16.9. The molecule has 2 aliphatic rings. The number of carbonyl (C=O) groups is 3. The first kappa shape index (κ1) is 19.4. The van der Waals surface area contributed by atoms with Crippen LogP contribution < -0.4 is 15.5 Å². The van der Waals surface area contributed by atoms with Gasteiger partial charge in [-0.05, 0) is 37.1 Å². The number of anilines is 3. The monoisotopic (exact) mass is 410 g/mol. The Bertz CT molecular complexity index is 1050. The smallest absolute Gasteiger partial charge is 0.338 e. The van der Waals surface area contributed by atoms with Crippen molar-refractivity contribution < 1.29 is 24.0 Å². The lowest BCUT2D eigenvalue weighted by Gasteiger charge is -2.33. The van der Waals surface area contributed by atoms with E-state index < -0.39 is 23.4 Å². The largest absolute Gasteiger partial charge is 0.452 e. The van der Waals surface area contributed by atoms with Gasteiger partial charge in [0.15, 0.2) is 6.61 Å². The van der Waals surface area contributed by atoms with Crippen molar-refractivity contribution in [3.05, 3.63) is 58.1 Å². The van der Waals surface area contributed by atoms with Crippen LogP contribution >= 0.6 is 0 Å². The number of hydrogen-bond acceptors (Lipinski definition) is 7. The van der Waals surface area contributed by atoms with Crippen molar-refractivity contribution in [1.29, 1.82) is 0 Å². The van der Waals surface area contributed by atoms with Gasteiger partial charge in [-0.25, -0.2) is 4.79 Å². The first-order valence-electron chi connectivity index (χ1n) is 9.36. The van der Waals surface area contributed by atoms with Gasteiger partial charge < -0.3 is 20.3 Å². The zero-order chi connectivity index (χ0) is 21.3. The number of carbonyl (C=O) groups excluding carboxylic acids is 3. The van der Waals surface area contributed by atoms with Gasteiger partial charge in [0.1, 0.15) is 11.7 Å². The van der Waals surface area contributed by atoms with Crippen molar-refractivity contribution in [3.8, 4) is 0 Å². The summed E-state index contributed by atoms with van der Waals surface area (Å²) in [5, 5.41) is 16.2. The molecule has 10 nitrogen and oxygen atoms in total. The summed E-state index contributed by atoms with van der Waals surface area (Å²) in [6.45, 7) is 0.170. The lowest BCUT2D eigenvalue weighted by atomic mass is 10.1. The third-order valence-electron chi connectivity index (χ3n) is 5.06. The predicted octanol–water partition coefficient (Wildman–Crippen LogP) is 2.31. The minimum absolute atomic E-state index is 0.0141. The molecular formula is C20H18N4O6. The molecular weight excluding hydrogens is 392 g/mol. The molecule has 154 valence electrons. The Morgan fingerprint density at radius 3 is 2.87 bits per heavy atom. The number of benzene rings is 2. The number of para-hydroxylation sites is 2. The maximum absolute atomic E-state index is 12.3. The fourth-order valence-corrected chi connectivity index (χ4v) is 3.70. The standard InChI is InChI=1S/C20H18N4O6/c25-18(21-13-4-1-2-5-16(13)24(28)29)11-30-20(27)12-7-8-15-14(10-12)22-19(26)17-6-3-9-23(15)17/h1-2,4-5,7-8,10,17H,3,6,9,11H2,(H,21,25)(H,22,26)/t17-/m1/s1. The van der Waals surface area contributed by atoms with Crippen molar-refractivity contribution in [2.75, 3.05) is 28.7 Å². The summed E-state index contributed by atoms with van der Waals surface area (Å²) >= 11 is 0. The zero-order valence-electron chi connectivity index (χ0n) is 15.8. The van der Waals surface area contributed by atoms with Crippen LogP contribution in [0.3, 0.4) is 0 Å². The summed E-state index contributed by atoms with van der Waals surface area (Å²) in [7, 11) is 0. The number of nitro benzene ring substituents is 1. The minimum atomic E-state index is -0.742. The second-order valence-electron chi connectivity index (χ2n) is 6.97. The van der Waals surface area contributed by atoms with Crippen LogP contribution in [0.4, 0.5) is 22.7 Å². The molecule has 0 spiro atoms. The van der Waals surface area contributed by atoms with Gasteiger partial charge in [-0.15, -0.1) is 0 Å². The number of amides is 2. The number of rotatable bonds is 5. The quantitative estimate of drug-likeness (QED) is 0.439. The molecule has 30 heavy (non-hydrogen) atoms. The summed E-state index contributed by atoms with van der Waals surface area (Å²) in [4.78, 5) is 49.0. The SMILES string of the molecule is O=C(COC(=O)c1ccc2c(c1)NC(=O)[C@H]1CCCN21)Nc1ccccc1[N+](=O)[O-]. The molecule has 2 amide bonds. The summed E-state index contributed by atoms with van der Waals surface area (Å²) in [6.07, 6.45) is 1.72. The van der Waals surface area contributed by atoms with Crippen molar-refractivity contribution in [1.82, 2.24) is 0 Å². The highest BCUT2D eigenvalue weighted by Gasteiger charge is 2.36. The molecule has 2 heterocycles. The van der Waals surface area contributed by atoms with Crippen LogP contribution in [-0.4, -0.2) is 41.9 Å². The van der Waals surface area contributed by atoms with E-state index in [0.29, 0.717) is 5.69 Å². The lowest BCUT2D eigenvalue weighted by Crippen LogP contribution is -2.43. The summed E-state index contributed by atoms with van der Waals surface area (Å²) in [5.41, 5.74) is 1.31. The fourth-order valence-electron chi connectivity index (χ4n) is 3.70. The van der Waals surface area contributed by atoms with E-state index in [-0.39, 0.29) is 28.9 Å². The van der Waals surface area contributed by atoms with Crippen LogP contribution in [0.2, 0.25) is 0 Å². The summed E-state index contributed by atoms with van der Waals surface area (Å²) in [5.74, 6) is -1.55. The van der Waals surface area contributed by atoms with Crippen LogP contribution in [-0.2, 0) is 14.3 Å². The van der Waals surface area contributed by atoms with Crippen molar-refractivity contribution in [2.45, 2.75) is 18.9 Å². The van der Waals surface area contributed by atoms with Gasteiger partial charge in [0.2, 0.25) is 5.91 Å². The van der Waals surface area contributed by atoms with E-state index in [1.165, 1.54) is 24.3 Å². The predicted molar refractivity (Wildman–Crippen MR) is 107 cm³/mol. The molecule has 2 aliphatic heterocycles. The van der Waals surface area contributed by atoms with Crippen LogP contribution in [0.15, 0.2) is 42.5 Å². The Balaban J connectivity index is 1.40. The molecule has 1 saturated heterocycles. The van der Waals surface area contributed by atoms with Crippen molar-refractivity contribution in [3.63, 3.8) is 0 Å². The maximum Gasteiger partial charge on any atom is 0.338 e. The molecule has 2 aromatic rings. The van der Waals surface area contributed by atoms with Crippen LogP contribution in [0.1, 0.15) is 23.2 Å². The van der Waals surface area contributed by atoms with E-state index in [4.69, 9.17) is 4.74 Å². The first-order valence-corrected chi connectivity index (χ1v) is 9.36. The van der Waals surface area contributed by atoms with Crippen molar-refractivity contribution in [2.24, 2.45) is 0 Å². The van der Waals surface area contributed by atoms with Crippen LogP contribution in [0.25, 0.3) is 0 Å². The van der Waals surface area contributed by atoms with Gasteiger partial charge in [0, 0.05) is 12.6 Å². The number of nitrogens with zero attached hydrogens (tertiary/aromatic N) is 2. The highest BCUT2D eigenvalue weighted by molar-refractivity contribution is 6.05. The van der Waals surface area contributed by atoms with Gasteiger partial charge in [0.05, 0.1) is 21.9 Å². The topological polar surface area (TPSA) is 131 Å². The minimum Gasteiger partial charge on any atom is -0.452 e. The summed E-state index contributed by atoms with van der Waals surface area (Å²) < 4.78 is 5.02. The number of nitro groups is 1. The van der Waals surface area contributed by atoms with Crippen LogP contribution in [0.5, 0.6) is 0 Å².